The van der Waals surface area contributed by atoms with E-state index in [1.54, 1.807) is 4.90 Å². The summed E-state index contributed by atoms with van der Waals surface area (Å²) in [4.78, 5) is 32.2. The van der Waals surface area contributed by atoms with E-state index < -0.39 is 5.97 Å². The van der Waals surface area contributed by atoms with Crippen LogP contribution in [0.1, 0.15) is 16.1 Å². The smallest absolute Gasteiger partial charge is 0.359 e. The van der Waals surface area contributed by atoms with Crippen molar-refractivity contribution in [2.45, 2.75) is 6.54 Å². The lowest BCUT2D eigenvalue weighted by molar-refractivity contribution is -0.136. The van der Waals surface area contributed by atoms with Crippen LogP contribution in [0.3, 0.4) is 0 Å². The minimum atomic E-state index is -0.765. The summed E-state index contributed by atoms with van der Waals surface area (Å²) in [6.07, 6.45) is 0. The first-order chi connectivity index (χ1) is 13.0. The van der Waals surface area contributed by atoms with E-state index in [2.05, 4.69) is 22.0 Å². The maximum atomic E-state index is 12.3. The van der Waals surface area contributed by atoms with Gasteiger partial charge in [0.05, 0.1) is 5.02 Å². The van der Waals surface area contributed by atoms with Crippen molar-refractivity contribution in [1.29, 1.82) is 0 Å². The molecule has 6 nitrogen and oxygen atoms in total. The van der Waals surface area contributed by atoms with E-state index in [1.165, 1.54) is 17.7 Å². The predicted octanol–water partition coefficient (Wildman–Crippen LogP) is 2.89. The van der Waals surface area contributed by atoms with Crippen molar-refractivity contribution < 1.29 is 14.3 Å². The number of nitrogens with zero attached hydrogens (tertiary/aromatic N) is 3. The van der Waals surface area contributed by atoms with Gasteiger partial charge in [0, 0.05) is 32.7 Å². The largest absolute Gasteiger partial charge is 0.451 e. The quantitative estimate of drug-likeness (QED) is 0.563. The van der Waals surface area contributed by atoms with Crippen LogP contribution in [0.4, 0.5) is 0 Å². The summed E-state index contributed by atoms with van der Waals surface area (Å²) in [5.41, 5.74) is 1.15. The number of esters is 1. The minimum Gasteiger partial charge on any atom is -0.451 e. The standard InChI is InChI=1S/C19H19Cl2N3O3/c20-15-6-7-16(21)22-18(15)19(26)27-13-17(25)24-10-8-23(9-11-24)12-14-4-2-1-3-5-14/h1-7H,8-13H2. The van der Waals surface area contributed by atoms with E-state index >= 15 is 0 Å². The maximum absolute atomic E-state index is 12.3. The van der Waals surface area contributed by atoms with Crippen LogP contribution in [0.15, 0.2) is 42.5 Å². The molecule has 1 aromatic carbocycles. The Hall–Kier alpha value is -2.15. The monoisotopic (exact) mass is 407 g/mol. The zero-order valence-corrected chi connectivity index (χ0v) is 16.1. The van der Waals surface area contributed by atoms with Crippen LogP contribution in [-0.4, -0.2) is 59.4 Å². The second kappa shape index (κ2) is 9.17. The van der Waals surface area contributed by atoms with Crippen molar-refractivity contribution in [3.8, 4) is 0 Å². The van der Waals surface area contributed by atoms with E-state index in [4.69, 9.17) is 27.9 Å². The lowest BCUT2D eigenvalue weighted by Crippen LogP contribution is -2.49. The Morgan fingerprint density at radius 1 is 1.00 bits per heavy atom. The summed E-state index contributed by atoms with van der Waals surface area (Å²) in [5, 5.41) is 0.263. The minimum absolute atomic E-state index is 0.0929. The highest BCUT2D eigenvalue weighted by Gasteiger charge is 2.23. The highest BCUT2D eigenvalue weighted by atomic mass is 35.5. The molecule has 1 amide bonds. The van der Waals surface area contributed by atoms with Gasteiger partial charge in [-0.25, -0.2) is 9.78 Å². The van der Waals surface area contributed by atoms with E-state index in [0.717, 1.165) is 19.6 Å². The highest BCUT2D eigenvalue weighted by Crippen LogP contribution is 2.17. The zero-order chi connectivity index (χ0) is 19.2. The van der Waals surface area contributed by atoms with E-state index in [9.17, 15) is 9.59 Å². The fourth-order valence-corrected chi connectivity index (χ4v) is 3.18. The summed E-state index contributed by atoms with van der Waals surface area (Å²) in [6.45, 7) is 3.25. The first-order valence-electron chi connectivity index (χ1n) is 8.56. The van der Waals surface area contributed by atoms with Crippen molar-refractivity contribution >= 4 is 35.1 Å². The van der Waals surface area contributed by atoms with Crippen molar-refractivity contribution in [3.63, 3.8) is 0 Å². The van der Waals surface area contributed by atoms with Gasteiger partial charge in [0.25, 0.3) is 5.91 Å². The number of hydrogen-bond donors (Lipinski definition) is 0. The molecule has 142 valence electrons. The van der Waals surface area contributed by atoms with Crippen LogP contribution in [0, 0.1) is 0 Å². The summed E-state index contributed by atoms with van der Waals surface area (Å²) in [5.74, 6) is -1.00. The van der Waals surface area contributed by atoms with Gasteiger partial charge in [0.15, 0.2) is 12.3 Å². The number of carbonyl (C=O) groups excluding carboxylic acids is 2. The van der Waals surface area contributed by atoms with Gasteiger partial charge in [0.1, 0.15) is 5.15 Å². The number of carbonyl (C=O) groups is 2. The van der Waals surface area contributed by atoms with Gasteiger partial charge in [-0.3, -0.25) is 9.69 Å². The summed E-state index contributed by atoms with van der Waals surface area (Å²) in [7, 11) is 0. The number of amides is 1. The van der Waals surface area contributed by atoms with Gasteiger partial charge in [-0.2, -0.15) is 0 Å². The molecule has 2 aromatic rings. The molecule has 1 aromatic heterocycles. The van der Waals surface area contributed by atoms with Gasteiger partial charge >= 0.3 is 5.97 Å². The first-order valence-corrected chi connectivity index (χ1v) is 9.32. The Balaban J connectivity index is 1.45. The van der Waals surface area contributed by atoms with E-state index in [1.807, 2.05) is 18.2 Å². The lowest BCUT2D eigenvalue weighted by Gasteiger charge is -2.34. The Morgan fingerprint density at radius 3 is 2.41 bits per heavy atom. The fourth-order valence-electron chi connectivity index (χ4n) is 2.85. The molecule has 0 aliphatic carbocycles. The molecular formula is C19H19Cl2N3O3. The fraction of sp³-hybridized carbons (Fsp3) is 0.316. The predicted molar refractivity (Wildman–Crippen MR) is 103 cm³/mol. The Morgan fingerprint density at radius 2 is 1.70 bits per heavy atom. The molecule has 1 fully saturated rings. The molecule has 0 saturated carbocycles. The van der Waals surface area contributed by atoms with Gasteiger partial charge in [0.2, 0.25) is 0 Å². The molecule has 0 N–H and O–H groups in total. The molecule has 27 heavy (non-hydrogen) atoms. The molecule has 3 rings (SSSR count). The van der Waals surface area contributed by atoms with Crippen molar-refractivity contribution in [3.05, 3.63) is 63.9 Å². The number of benzene rings is 1. The van der Waals surface area contributed by atoms with Crippen molar-refractivity contribution in [2.24, 2.45) is 0 Å². The lowest BCUT2D eigenvalue weighted by atomic mass is 10.2. The number of ether oxygens (including phenoxy) is 1. The van der Waals surface area contributed by atoms with Crippen LogP contribution in [0.25, 0.3) is 0 Å². The molecule has 1 aliphatic heterocycles. The van der Waals surface area contributed by atoms with Crippen LogP contribution in [0.5, 0.6) is 0 Å². The normalized spacial score (nSPS) is 14.8. The molecule has 0 spiro atoms. The van der Waals surface area contributed by atoms with Gasteiger partial charge in [-0.15, -0.1) is 0 Å². The Kier molecular flexibility index (Phi) is 6.66. The Bertz CT molecular complexity index is 809. The topological polar surface area (TPSA) is 62.7 Å². The molecule has 0 unspecified atom stereocenters. The van der Waals surface area contributed by atoms with E-state index in [0.29, 0.717) is 13.1 Å². The highest BCUT2D eigenvalue weighted by molar-refractivity contribution is 6.34. The van der Waals surface area contributed by atoms with Crippen LogP contribution in [0.2, 0.25) is 10.2 Å². The molecule has 2 heterocycles. The second-order valence-electron chi connectivity index (χ2n) is 6.18. The van der Waals surface area contributed by atoms with Crippen LogP contribution < -0.4 is 0 Å². The zero-order valence-electron chi connectivity index (χ0n) is 14.6. The second-order valence-corrected chi connectivity index (χ2v) is 6.98. The average molecular weight is 408 g/mol. The summed E-state index contributed by atoms with van der Waals surface area (Å²) >= 11 is 11.7. The van der Waals surface area contributed by atoms with Crippen LogP contribution >= 0.6 is 23.2 Å². The molecular weight excluding hydrogens is 389 g/mol. The van der Waals surface area contributed by atoms with Gasteiger partial charge in [-0.1, -0.05) is 53.5 Å². The summed E-state index contributed by atoms with van der Waals surface area (Å²) < 4.78 is 5.05. The number of halogens is 2. The third-order valence-corrected chi connectivity index (χ3v) is 4.82. The SMILES string of the molecule is O=C(OCC(=O)N1CCN(Cc2ccccc2)CC1)c1nc(Cl)ccc1Cl. The van der Waals surface area contributed by atoms with Crippen molar-refractivity contribution in [1.82, 2.24) is 14.8 Å². The molecule has 0 atom stereocenters. The molecule has 8 heteroatoms. The van der Waals surface area contributed by atoms with Crippen LogP contribution in [-0.2, 0) is 16.1 Å². The van der Waals surface area contributed by atoms with Gasteiger partial charge in [-0.05, 0) is 17.7 Å². The number of hydrogen-bond acceptors (Lipinski definition) is 5. The molecule has 0 radical (unpaired) electrons. The van der Waals surface area contributed by atoms with Crippen molar-refractivity contribution in [2.75, 3.05) is 32.8 Å². The number of aromatic nitrogens is 1. The third-order valence-electron chi connectivity index (χ3n) is 4.31. The third kappa shape index (κ3) is 5.42. The van der Waals surface area contributed by atoms with E-state index in [-0.39, 0.29) is 28.4 Å². The average Bonchev–Trinajstić information content (AvgIpc) is 2.69. The summed E-state index contributed by atoms with van der Waals surface area (Å²) in [6, 6.07) is 13.1. The Labute approximate surface area is 167 Å². The number of piperazine rings is 1. The number of pyridine rings is 1. The molecule has 1 aliphatic rings. The molecule has 1 saturated heterocycles. The first kappa shape index (κ1) is 19.6. The number of rotatable bonds is 5. The molecule has 0 bridgehead atoms. The van der Waals surface area contributed by atoms with Gasteiger partial charge < -0.3 is 9.64 Å². The maximum Gasteiger partial charge on any atom is 0.359 e.